The highest BCUT2D eigenvalue weighted by molar-refractivity contribution is 5.97. The number of likely N-dealkylation sites (N-methyl/N-ethyl adjacent to an activating group) is 1. The van der Waals surface area contributed by atoms with Gasteiger partial charge in [0.25, 0.3) is 5.91 Å². The van der Waals surface area contributed by atoms with Gasteiger partial charge in [-0.15, -0.1) is 0 Å². The molecule has 144 valence electrons. The van der Waals surface area contributed by atoms with Gasteiger partial charge in [-0.25, -0.2) is 4.39 Å². The number of benzene rings is 1. The summed E-state index contributed by atoms with van der Waals surface area (Å²) in [6, 6.07) is 2.93. The van der Waals surface area contributed by atoms with Crippen LogP contribution in [0.3, 0.4) is 0 Å². The highest BCUT2D eigenvalue weighted by atomic mass is 19.3. The van der Waals surface area contributed by atoms with E-state index >= 15 is 0 Å². The fourth-order valence-electron chi connectivity index (χ4n) is 3.10. The first-order chi connectivity index (χ1) is 12.3. The topological polar surface area (TPSA) is 70.1 Å². The Kier molecular flexibility index (Phi) is 6.84. The SMILES string of the molecule is CN(CC(=O)O)C1CCCN(C(=O)c2ccc(F)cc2OC(F)F)CC1. The number of alkyl halides is 2. The molecular formula is C17H21F3N2O4. The zero-order valence-corrected chi connectivity index (χ0v) is 14.3. The first-order valence-electron chi connectivity index (χ1n) is 8.23. The minimum atomic E-state index is -3.17. The van der Waals surface area contributed by atoms with Crippen LogP contribution in [0.1, 0.15) is 29.6 Å². The Bertz CT molecular complexity index is 657. The highest BCUT2D eigenvalue weighted by Crippen LogP contribution is 2.25. The van der Waals surface area contributed by atoms with Crippen LogP contribution >= 0.6 is 0 Å². The average Bonchev–Trinajstić information content (AvgIpc) is 2.79. The molecule has 1 aromatic carbocycles. The second-order valence-corrected chi connectivity index (χ2v) is 6.20. The third-order valence-corrected chi connectivity index (χ3v) is 4.38. The molecule has 1 heterocycles. The van der Waals surface area contributed by atoms with E-state index in [1.165, 1.54) is 4.90 Å². The molecule has 1 unspecified atom stereocenters. The van der Waals surface area contributed by atoms with E-state index in [1.807, 2.05) is 0 Å². The summed E-state index contributed by atoms with van der Waals surface area (Å²) in [7, 11) is 1.71. The van der Waals surface area contributed by atoms with Gasteiger partial charge in [0.2, 0.25) is 0 Å². The summed E-state index contributed by atoms with van der Waals surface area (Å²) in [5.41, 5.74) is -0.121. The van der Waals surface area contributed by atoms with Crippen LogP contribution in [0, 0.1) is 5.82 Å². The zero-order chi connectivity index (χ0) is 19.3. The van der Waals surface area contributed by atoms with Gasteiger partial charge in [0, 0.05) is 25.2 Å². The highest BCUT2D eigenvalue weighted by Gasteiger charge is 2.26. The number of hydrogen-bond acceptors (Lipinski definition) is 4. The van der Waals surface area contributed by atoms with Gasteiger partial charge in [-0.05, 0) is 38.4 Å². The summed E-state index contributed by atoms with van der Waals surface area (Å²) in [5, 5.41) is 8.89. The lowest BCUT2D eigenvalue weighted by Gasteiger charge is -2.26. The van der Waals surface area contributed by atoms with Crippen molar-refractivity contribution in [1.82, 2.24) is 9.80 Å². The molecule has 2 rings (SSSR count). The maximum atomic E-state index is 13.3. The molecule has 1 atom stereocenters. The van der Waals surface area contributed by atoms with E-state index in [9.17, 15) is 22.8 Å². The molecule has 1 amide bonds. The Morgan fingerprint density at radius 1 is 1.35 bits per heavy atom. The van der Waals surface area contributed by atoms with Crippen molar-refractivity contribution in [2.45, 2.75) is 31.9 Å². The van der Waals surface area contributed by atoms with E-state index in [-0.39, 0.29) is 18.2 Å². The molecule has 0 saturated carbocycles. The molecule has 6 nitrogen and oxygen atoms in total. The number of carboxylic acids is 1. The minimum Gasteiger partial charge on any atom is -0.480 e. The third kappa shape index (κ3) is 5.35. The van der Waals surface area contributed by atoms with Gasteiger partial charge in [-0.1, -0.05) is 0 Å². The van der Waals surface area contributed by atoms with Gasteiger partial charge in [0.15, 0.2) is 0 Å². The number of rotatable bonds is 6. The molecule has 0 aliphatic carbocycles. The molecule has 1 aliphatic heterocycles. The molecular weight excluding hydrogens is 353 g/mol. The predicted molar refractivity (Wildman–Crippen MR) is 86.8 cm³/mol. The number of carbonyl (C=O) groups is 2. The predicted octanol–water partition coefficient (Wildman–Crippen LogP) is 2.44. The van der Waals surface area contributed by atoms with Crippen molar-refractivity contribution in [3.05, 3.63) is 29.6 Å². The lowest BCUT2D eigenvalue weighted by molar-refractivity contribution is -0.138. The molecule has 1 aliphatic rings. The maximum absolute atomic E-state index is 13.3. The number of carbonyl (C=O) groups excluding carboxylic acids is 1. The maximum Gasteiger partial charge on any atom is 0.387 e. The molecule has 26 heavy (non-hydrogen) atoms. The largest absolute Gasteiger partial charge is 0.480 e. The molecule has 0 aromatic heterocycles. The number of likely N-dealkylation sites (tertiary alicyclic amines) is 1. The van der Waals surface area contributed by atoms with Gasteiger partial charge in [-0.2, -0.15) is 8.78 Å². The molecule has 1 saturated heterocycles. The molecule has 1 aromatic rings. The molecule has 0 radical (unpaired) electrons. The van der Waals surface area contributed by atoms with E-state index in [4.69, 9.17) is 5.11 Å². The van der Waals surface area contributed by atoms with Crippen LogP contribution in [0.2, 0.25) is 0 Å². The first kappa shape index (κ1) is 20.0. The number of carboxylic acid groups (broad SMARTS) is 1. The van der Waals surface area contributed by atoms with E-state index in [1.54, 1.807) is 11.9 Å². The quantitative estimate of drug-likeness (QED) is 0.828. The van der Waals surface area contributed by atoms with Gasteiger partial charge in [0.05, 0.1) is 12.1 Å². The van der Waals surface area contributed by atoms with Crippen molar-refractivity contribution in [2.24, 2.45) is 0 Å². The minimum absolute atomic E-state index is 0.00824. The summed E-state index contributed by atoms with van der Waals surface area (Å²) < 4.78 is 42.6. The number of aliphatic carboxylic acids is 1. The standard InChI is InChI=1S/C17H21F3N2O4/c1-21(10-15(23)24)12-3-2-7-22(8-6-12)16(25)13-5-4-11(18)9-14(13)26-17(19)20/h4-5,9,12,17H,2-3,6-8,10H2,1H3,(H,23,24). The molecule has 1 N–H and O–H groups in total. The van der Waals surface area contributed by atoms with E-state index in [0.29, 0.717) is 25.9 Å². The van der Waals surface area contributed by atoms with Gasteiger partial charge >= 0.3 is 12.6 Å². The summed E-state index contributed by atoms with van der Waals surface area (Å²) in [4.78, 5) is 26.8. The van der Waals surface area contributed by atoms with Gasteiger partial charge in [-0.3, -0.25) is 14.5 Å². The average molecular weight is 374 g/mol. The number of hydrogen-bond donors (Lipinski definition) is 1. The Labute approximate surface area is 149 Å². The Hall–Kier alpha value is -2.29. The smallest absolute Gasteiger partial charge is 0.387 e. The van der Waals surface area contributed by atoms with Crippen LogP contribution in [0.25, 0.3) is 0 Å². The lowest BCUT2D eigenvalue weighted by atomic mass is 10.1. The van der Waals surface area contributed by atoms with Crippen LogP contribution in [-0.2, 0) is 4.79 Å². The van der Waals surface area contributed by atoms with E-state index in [0.717, 1.165) is 24.6 Å². The van der Waals surface area contributed by atoms with Crippen molar-refractivity contribution >= 4 is 11.9 Å². The van der Waals surface area contributed by atoms with E-state index in [2.05, 4.69) is 4.74 Å². The summed E-state index contributed by atoms with van der Waals surface area (Å²) in [5.74, 6) is -2.70. The van der Waals surface area contributed by atoms with Crippen molar-refractivity contribution in [3.8, 4) is 5.75 Å². The summed E-state index contributed by atoms with van der Waals surface area (Å²) in [6.07, 6.45) is 1.92. The number of amides is 1. The normalized spacial score (nSPS) is 18.1. The van der Waals surface area contributed by atoms with Crippen molar-refractivity contribution in [2.75, 3.05) is 26.7 Å². The monoisotopic (exact) mass is 374 g/mol. The first-order valence-corrected chi connectivity index (χ1v) is 8.23. The number of nitrogens with zero attached hydrogens (tertiary/aromatic N) is 2. The Morgan fingerprint density at radius 3 is 2.73 bits per heavy atom. The molecule has 1 fully saturated rings. The number of ether oxygens (including phenoxy) is 1. The summed E-state index contributed by atoms with van der Waals surface area (Å²) >= 11 is 0. The fourth-order valence-corrected chi connectivity index (χ4v) is 3.10. The second kappa shape index (κ2) is 8.88. The van der Waals surface area contributed by atoms with Gasteiger partial charge < -0.3 is 14.7 Å². The van der Waals surface area contributed by atoms with Crippen LogP contribution < -0.4 is 4.74 Å². The van der Waals surface area contributed by atoms with Crippen molar-refractivity contribution in [3.63, 3.8) is 0 Å². The van der Waals surface area contributed by atoms with Crippen molar-refractivity contribution < 1.29 is 32.6 Å². The van der Waals surface area contributed by atoms with Crippen LogP contribution in [0.4, 0.5) is 13.2 Å². The van der Waals surface area contributed by atoms with Crippen molar-refractivity contribution in [1.29, 1.82) is 0 Å². The molecule has 0 spiro atoms. The van der Waals surface area contributed by atoms with Crippen LogP contribution in [0.15, 0.2) is 18.2 Å². The second-order valence-electron chi connectivity index (χ2n) is 6.20. The lowest BCUT2D eigenvalue weighted by Crippen LogP contribution is -2.37. The molecule has 0 bridgehead atoms. The number of halogens is 3. The fraction of sp³-hybridized carbons (Fsp3) is 0.529. The van der Waals surface area contributed by atoms with E-state index < -0.39 is 30.1 Å². The van der Waals surface area contributed by atoms with Crippen LogP contribution in [-0.4, -0.2) is 66.1 Å². The van der Waals surface area contributed by atoms with Crippen LogP contribution in [0.5, 0.6) is 5.75 Å². The molecule has 9 heteroatoms. The summed E-state index contributed by atoms with van der Waals surface area (Å²) in [6.45, 7) is -2.51. The Balaban J connectivity index is 2.10. The Morgan fingerprint density at radius 2 is 2.08 bits per heavy atom. The third-order valence-electron chi connectivity index (χ3n) is 4.38. The zero-order valence-electron chi connectivity index (χ0n) is 14.3. The van der Waals surface area contributed by atoms with Gasteiger partial charge in [0.1, 0.15) is 11.6 Å².